The summed E-state index contributed by atoms with van der Waals surface area (Å²) in [6.45, 7) is 4.56. The molecule has 0 N–H and O–H groups in total. The molecular formula is C6H16AlP. The van der Waals surface area contributed by atoms with Gasteiger partial charge in [-0.25, -0.2) is 7.89 Å². The van der Waals surface area contributed by atoms with Crippen LogP contribution in [-0.2, 0) is 0 Å². The molecule has 0 aromatic heterocycles. The lowest BCUT2D eigenvalue weighted by Gasteiger charge is -1.98. The van der Waals surface area contributed by atoms with E-state index in [0.29, 0.717) is 0 Å². The van der Waals surface area contributed by atoms with Gasteiger partial charge in [-0.1, -0.05) is 37.3 Å². The first-order valence-corrected chi connectivity index (χ1v) is 7.86. The zero-order valence-corrected chi connectivity index (χ0v) is 8.29. The minimum atomic E-state index is -0.285. The van der Waals surface area contributed by atoms with E-state index in [1.54, 1.807) is 0 Å². The molecule has 1 unspecified atom stereocenters. The van der Waals surface area contributed by atoms with E-state index in [2.05, 4.69) is 21.7 Å². The minimum absolute atomic E-state index is 0.285. The highest BCUT2D eigenvalue weighted by Crippen LogP contribution is 2.10. The topological polar surface area (TPSA) is 0 Å². The lowest BCUT2D eigenvalue weighted by Crippen LogP contribution is -1.98. The summed E-state index contributed by atoms with van der Waals surface area (Å²) < 4.78 is 0. The summed E-state index contributed by atoms with van der Waals surface area (Å²) in [6.07, 6.45) is 2.78. The molecule has 48 valence electrons. The quantitative estimate of drug-likeness (QED) is 0.422. The van der Waals surface area contributed by atoms with Crippen LogP contribution in [0.15, 0.2) is 0 Å². The Kier molecular flexibility index (Phi) is 6.82. The van der Waals surface area contributed by atoms with Crippen LogP contribution in [0.1, 0.15) is 26.7 Å². The second kappa shape index (κ2) is 6.09. The molecule has 0 aliphatic heterocycles. The Morgan fingerprint density at radius 1 is 1.12 bits per heavy atom. The largest absolute Gasteiger partial charge is 0.293 e. The predicted octanol–water partition coefficient (Wildman–Crippen LogP) is 2.67. The van der Waals surface area contributed by atoms with Gasteiger partial charge in [-0.3, -0.25) is 0 Å². The zero-order chi connectivity index (χ0) is 6.41. The van der Waals surface area contributed by atoms with E-state index < -0.39 is 0 Å². The van der Waals surface area contributed by atoms with Gasteiger partial charge in [-0.05, 0) is 0 Å². The monoisotopic (exact) mass is 146 g/mol. The molecule has 0 amide bonds. The van der Waals surface area contributed by atoms with Gasteiger partial charge < -0.3 is 0 Å². The van der Waals surface area contributed by atoms with Crippen LogP contribution in [0.25, 0.3) is 0 Å². The normalized spacial score (nSPS) is 9.38. The van der Waals surface area contributed by atoms with Crippen molar-refractivity contribution in [3.63, 3.8) is 0 Å². The van der Waals surface area contributed by atoms with Crippen molar-refractivity contribution in [1.82, 2.24) is 0 Å². The smallest absolute Gasteiger partial charge is 0.202 e. The highest BCUT2D eigenvalue weighted by Gasteiger charge is 2.05. The van der Waals surface area contributed by atoms with Crippen molar-refractivity contribution < 1.29 is 0 Å². The van der Waals surface area contributed by atoms with E-state index in [0.717, 1.165) is 0 Å². The number of hydrogen-bond acceptors (Lipinski definition) is 0. The Labute approximate surface area is 59.2 Å². The van der Waals surface area contributed by atoms with Gasteiger partial charge in [0.15, 0.2) is 0 Å². The van der Waals surface area contributed by atoms with Gasteiger partial charge in [0.05, 0.1) is 0 Å². The van der Waals surface area contributed by atoms with E-state index in [1.807, 2.05) is 0 Å². The van der Waals surface area contributed by atoms with Crippen molar-refractivity contribution in [3.8, 4) is 0 Å². The summed E-state index contributed by atoms with van der Waals surface area (Å²) >= 11 is -0.285. The first-order chi connectivity index (χ1) is 3.81. The Morgan fingerprint density at radius 3 is 1.75 bits per heavy atom. The number of hydrogen-bond donors (Lipinski definition) is 0. The van der Waals surface area contributed by atoms with E-state index >= 15 is 0 Å². The fourth-order valence-corrected chi connectivity index (χ4v) is 4.66. The Morgan fingerprint density at radius 2 is 1.50 bits per heavy atom. The molecule has 0 heterocycles. The predicted molar refractivity (Wildman–Crippen MR) is 45.7 cm³/mol. The molecule has 0 aromatic rings. The SMILES string of the molecule is CC[CH2][Al]([PH2])[CH2]CC. The lowest BCUT2D eigenvalue weighted by atomic mass is 10.6. The average molecular weight is 146 g/mol. The van der Waals surface area contributed by atoms with E-state index in [1.165, 1.54) is 23.4 Å². The van der Waals surface area contributed by atoms with Crippen molar-refractivity contribution >= 4 is 21.6 Å². The standard InChI is InChI=1S/2C3H7.Al.H2P/c2*1-3-2;;/h2*1,3H2,2H3;;1H2/q;;+1;-1. The van der Waals surface area contributed by atoms with Crippen LogP contribution >= 0.6 is 7.89 Å². The Bertz CT molecular complexity index is 41.8. The molecule has 0 rings (SSSR count). The van der Waals surface area contributed by atoms with E-state index in [-0.39, 0.29) is 13.7 Å². The molecule has 0 radical (unpaired) electrons. The molecule has 8 heavy (non-hydrogen) atoms. The van der Waals surface area contributed by atoms with Crippen molar-refractivity contribution in [2.75, 3.05) is 0 Å². The Balaban J connectivity index is 2.92. The second-order valence-corrected chi connectivity index (χ2v) is 7.84. The molecule has 0 saturated carbocycles. The fraction of sp³-hybridized carbons (Fsp3) is 1.00. The lowest BCUT2D eigenvalue weighted by molar-refractivity contribution is 1.02. The Hall–Kier alpha value is 0.962. The van der Waals surface area contributed by atoms with Gasteiger partial charge >= 0.3 is 0 Å². The molecule has 1 atom stereocenters. The molecule has 0 spiro atoms. The molecule has 0 aromatic carbocycles. The summed E-state index contributed by atoms with van der Waals surface area (Å²) in [5, 5.41) is 3.02. The third kappa shape index (κ3) is 5.11. The highest BCUT2D eigenvalue weighted by molar-refractivity contribution is 7.62. The van der Waals surface area contributed by atoms with Crippen molar-refractivity contribution in [1.29, 1.82) is 0 Å². The van der Waals surface area contributed by atoms with Crippen LogP contribution in [0.5, 0.6) is 0 Å². The zero-order valence-electron chi connectivity index (χ0n) is 5.98. The third-order valence-electron chi connectivity index (χ3n) is 1.32. The van der Waals surface area contributed by atoms with Gasteiger partial charge in [0.1, 0.15) is 0 Å². The van der Waals surface area contributed by atoms with Crippen molar-refractivity contribution in [2.24, 2.45) is 0 Å². The van der Waals surface area contributed by atoms with Crippen LogP contribution < -0.4 is 0 Å². The first-order valence-electron chi connectivity index (χ1n) is 3.56. The third-order valence-corrected chi connectivity index (χ3v) is 5.96. The van der Waals surface area contributed by atoms with Crippen LogP contribution in [0.4, 0.5) is 0 Å². The first kappa shape index (κ1) is 8.96. The van der Waals surface area contributed by atoms with Gasteiger partial charge in [0, 0.05) is 0 Å². The van der Waals surface area contributed by atoms with Crippen LogP contribution in [-0.4, -0.2) is 13.7 Å². The maximum atomic E-state index is 3.04. The summed E-state index contributed by atoms with van der Waals surface area (Å²) in [4.78, 5) is 0. The maximum Gasteiger partial charge on any atom is 0.293 e. The maximum absolute atomic E-state index is 3.04. The second-order valence-electron chi connectivity index (χ2n) is 2.34. The minimum Gasteiger partial charge on any atom is -0.202 e. The molecular weight excluding hydrogens is 130 g/mol. The molecule has 0 nitrogen and oxygen atoms in total. The van der Waals surface area contributed by atoms with Crippen molar-refractivity contribution in [2.45, 2.75) is 37.3 Å². The highest BCUT2D eigenvalue weighted by atomic mass is 31.2. The molecule has 0 aliphatic carbocycles. The van der Waals surface area contributed by atoms with E-state index in [9.17, 15) is 0 Å². The van der Waals surface area contributed by atoms with Gasteiger partial charge in [-0.15, -0.1) is 0 Å². The van der Waals surface area contributed by atoms with E-state index in [4.69, 9.17) is 0 Å². The van der Waals surface area contributed by atoms with Crippen LogP contribution in [0.2, 0.25) is 10.6 Å². The fourth-order valence-electron chi connectivity index (χ4n) is 0.886. The summed E-state index contributed by atoms with van der Waals surface area (Å²) in [7, 11) is 3.04. The van der Waals surface area contributed by atoms with Crippen molar-refractivity contribution in [3.05, 3.63) is 0 Å². The van der Waals surface area contributed by atoms with Gasteiger partial charge in [0.2, 0.25) is 0 Å². The summed E-state index contributed by atoms with van der Waals surface area (Å²) in [5.74, 6) is 0. The van der Waals surface area contributed by atoms with Crippen LogP contribution in [0.3, 0.4) is 0 Å². The van der Waals surface area contributed by atoms with Crippen LogP contribution in [0, 0.1) is 0 Å². The summed E-state index contributed by atoms with van der Waals surface area (Å²) in [5.41, 5.74) is 0. The number of rotatable bonds is 4. The molecule has 0 aliphatic rings. The average Bonchev–Trinajstić information content (AvgIpc) is 1.68. The molecule has 0 saturated heterocycles. The van der Waals surface area contributed by atoms with Gasteiger partial charge in [-0.2, -0.15) is 0 Å². The van der Waals surface area contributed by atoms with Gasteiger partial charge in [0.25, 0.3) is 13.7 Å². The molecule has 0 bridgehead atoms. The summed E-state index contributed by atoms with van der Waals surface area (Å²) in [6, 6.07) is 0. The molecule has 2 heteroatoms. The molecule has 0 fully saturated rings.